The molecule has 1 aromatic heterocycles. The first kappa shape index (κ1) is 21.4. The standard InChI is InChI=1S/C24H18ClN3O4S/c1-12-17(23(31)32-3)19(13-8-10-14(25)11-9-13)28-22(30)20(33-24(28)26-12)18-15-6-4-5-7-16(15)27(2)21(18)29/h4-11,19H,1-3H3/b20-18+. The number of carbonyl (C=O) groups excluding carboxylic acids is 2. The van der Waals surface area contributed by atoms with Crippen molar-refractivity contribution in [2.24, 2.45) is 4.99 Å². The van der Waals surface area contributed by atoms with Crippen LogP contribution in [0, 0.1) is 0 Å². The van der Waals surface area contributed by atoms with Crippen LogP contribution >= 0.6 is 22.9 Å². The summed E-state index contributed by atoms with van der Waals surface area (Å²) in [5.74, 6) is -0.829. The van der Waals surface area contributed by atoms with Crippen molar-refractivity contribution >= 4 is 46.1 Å². The summed E-state index contributed by atoms with van der Waals surface area (Å²) in [7, 11) is 2.97. The molecule has 3 aromatic rings. The molecule has 0 fully saturated rings. The number of aromatic nitrogens is 1. The van der Waals surface area contributed by atoms with Crippen LogP contribution in [0.4, 0.5) is 5.69 Å². The van der Waals surface area contributed by atoms with Crippen LogP contribution in [0.2, 0.25) is 5.02 Å². The number of amides is 1. The predicted octanol–water partition coefficient (Wildman–Crippen LogP) is 2.41. The predicted molar refractivity (Wildman–Crippen MR) is 126 cm³/mol. The first-order chi connectivity index (χ1) is 15.8. The summed E-state index contributed by atoms with van der Waals surface area (Å²) in [6.07, 6.45) is 0. The molecule has 1 unspecified atom stereocenters. The Hall–Kier alpha value is -3.49. The number of nitrogens with zero attached hydrogens (tertiary/aromatic N) is 3. The third-order valence-electron chi connectivity index (χ3n) is 5.87. The molecular weight excluding hydrogens is 462 g/mol. The van der Waals surface area contributed by atoms with E-state index >= 15 is 0 Å². The average Bonchev–Trinajstić information content (AvgIpc) is 3.26. The lowest BCUT2D eigenvalue weighted by Gasteiger charge is -2.24. The van der Waals surface area contributed by atoms with Crippen molar-refractivity contribution in [1.82, 2.24) is 4.57 Å². The lowest BCUT2D eigenvalue weighted by molar-refractivity contribution is -0.136. The molecule has 7 nitrogen and oxygen atoms in total. The van der Waals surface area contributed by atoms with Crippen molar-refractivity contribution in [1.29, 1.82) is 0 Å². The summed E-state index contributed by atoms with van der Waals surface area (Å²) in [5.41, 5.74) is 2.79. The second-order valence-electron chi connectivity index (χ2n) is 7.70. The number of esters is 1. The van der Waals surface area contributed by atoms with Crippen LogP contribution in [0.5, 0.6) is 0 Å². The maximum Gasteiger partial charge on any atom is 0.338 e. The first-order valence-electron chi connectivity index (χ1n) is 10.1. The largest absolute Gasteiger partial charge is 0.466 e. The van der Waals surface area contributed by atoms with Crippen LogP contribution in [0.25, 0.3) is 5.57 Å². The molecule has 1 atom stereocenters. The Labute approximate surface area is 197 Å². The van der Waals surface area contributed by atoms with Gasteiger partial charge in [0.05, 0.1) is 35.7 Å². The van der Waals surface area contributed by atoms with Gasteiger partial charge in [0.25, 0.3) is 11.5 Å². The van der Waals surface area contributed by atoms with E-state index < -0.39 is 12.0 Å². The van der Waals surface area contributed by atoms with Gasteiger partial charge in [0, 0.05) is 17.6 Å². The first-order valence-corrected chi connectivity index (χ1v) is 11.3. The van der Waals surface area contributed by atoms with E-state index in [1.165, 1.54) is 16.6 Å². The van der Waals surface area contributed by atoms with Gasteiger partial charge in [-0.25, -0.2) is 9.79 Å². The summed E-state index contributed by atoms with van der Waals surface area (Å²) < 4.78 is 6.76. The fourth-order valence-corrected chi connectivity index (χ4v) is 5.56. The molecule has 33 heavy (non-hydrogen) atoms. The Balaban J connectivity index is 1.85. The second-order valence-corrected chi connectivity index (χ2v) is 9.12. The van der Waals surface area contributed by atoms with Crippen molar-refractivity contribution < 1.29 is 14.3 Å². The quantitative estimate of drug-likeness (QED) is 0.529. The molecule has 166 valence electrons. The highest BCUT2D eigenvalue weighted by atomic mass is 35.5. The monoisotopic (exact) mass is 479 g/mol. The van der Waals surface area contributed by atoms with Crippen LogP contribution in [-0.4, -0.2) is 30.6 Å². The van der Waals surface area contributed by atoms with E-state index in [9.17, 15) is 14.4 Å². The third kappa shape index (κ3) is 3.17. The highest BCUT2D eigenvalue weighted by molar-refractivity contribution is 7.07. The molecule has 0 bridgehead atoms. The average molecular weight is 480 g/mol. The zero-order valence-corrected chi connectivity index (χ0v) is 19.5. The van der Waals surface area contributed by atoms with Gasteiger partial charge in [-0.3, -0.25) is 14.2 Å². The number of benzene rings is 2. The van der Waals surface area contributed by atoms with Crippen molar-refractivity contribution in [2.75, 3.05) is 19.1 Å². The maximum absolute atomic E-state index is 13.8. The molecule has 2 aliphatic rings. The van der Waals surface area contributed by atoms with Gasteiger partial charge in [-0.15, -0.1) is 0 Å². The highest BCUT2D eigenvalue weighted by Gasteiger charge is 2.36. The van der Waals surface area contributed by atoms with E-state index in [0.717, 1.165) is 17.0 Å². The minimum absolute atomic E-state index is 0.256. The molecule has 0 N–H and O–H groups in total. The minimum atomic E-state index is -0.759. The van der Waals surface area contributed by atoms with Crippen LogP contribution in [0.1, 0.15) is 24.1 Å². The van der Waals surface area contributed by atoms with Crippen LogP contribution < -0.4 is 19.8 Å². The Morgan fingerprint density at radius 1 is 1.12 bits per heavy atom. The normalized spacial score (nSPS) is 18.7. The van der Waals surface area contributed by atoms with Gasteiger partial charge in [0.2, 0.25) is 0 Å². The smallest absolute Gasteiger partial charge is 0.338 e. The van der Waals surface area contributed by atoms with Gasteiger partial charge >= 0.3 is 5.97 Å². The second kappa shape index (κ2) is 7.83. The number of fused-ring (bicyclic) bond motifs is 2. The lowest BCUT2D eigenvalue weighted by atomic mass is 9.96. The van der Waals surface area contributed by atoms with Gasteiger partial charge < -0.3 is 9.64 Å². The number of rotatable bonds is 2. The van der Waals surface area contributed by atoms with Crippen LogP contribution in [-0.2, 0) is 14.3 Å². The van der Waals surface area contributed by atoms with Gasteiger partial charge in [0.15, 0.2) is 4.80 Å². The van der Waals surface area contributed by atoms with Crippen molar-refractivity contribution in [3.63, 3.8) is 0 Å². The molecule has 0 saturated carbocycles. The van der Waals surface area contributed by atoms with Gasteiger partial charge in [0.1, 0.15) is 4.53 Å². The zero-order valence-electron chi connectivity index (χ0n) is 18.0. The number of para-hydroxylation sites is 1. The number of hydrogen-bond donors (Lipinski definition) is 0. The molecule has 0 saturated heterocycles. The summed E-state index contributed by atoms with van der Waals surface area (Å²) in [6.45, 7) is 1.71. The van der Waals surface area contributed by atoms with E-state index in [1.807, 2.05) is 24.3 Å². The Morgan fingerprint density at radius 2 is 1.82 bits per heavy atom. The van der Waals surface area contributed by atoms with E-state index in [0.29, 0.717) is 32.2 Å². The molecule has 0 radical (unpaired) electrons. The number of likely N-dealkylation sites (N-methyl/N-ethyl adjacent to an activating group) is 1. The molecular formula is C24H18ClN3O4S. The number of hydrogen-bond acceptors (Lipinski definition) is 6. The fourth-order valence-electron chi connectivity index (χ4n) is 4.29. The molecule has 0 spiro atoms. The Morgan fingerprint density at radius 3 is 2.52 bits per heavy atom. The molecule has 3 heterocycles. The molecule has 2 aliphatic heterocycles. The molecule has 2 aromatic carbocycles. The number of thiazole rings is 1. The van der Waals surface area contributed by atoms with Crippen molar-refractivity contribution in [3.05, 3.63) is 95.6 Å². The van der Waals surface area contributed by atoms with E-state index in [1.54, 1.807) is 38.2 Å². The number of ether oxygens (including phenoxy) is 1. The van der Waals surface area contributed by atoms with E-state index in [4.69, 9.17) is 16.3 Å². The number of methoxy groups -OCH3 is 1. The SMILES string of the molecule is COC(=O)C1=C(C)N=c2s/c(=C3/C(=O)N(C)c4ccccc43)c(=O)n2C1c1ccc(Cl)cc1. The summed E-state index contributed by atoms with van der Waals surface area (Å²) in [4.78, 5) is 46.1. The molecule has 9 heteroatoms. The summed E-state index contributed by atoms with van der Waals surface area (Å²) >= 11 is 7.21. The number of anilines is 1. The molecule has 1 amide bonds. The number of halogens is 1. The third-order valence-corrected chi connectivity index (χ3v) is 7.17. The van der Waals surface area contributed by atoms with E-state index in [2.05, 4.69) is 4.99 Å². The fraction of sp³-hybridized carbons (Fsp3) is 0.167. The van der Waals surface area contributed by atoms with Crippen molar-refractivity contribution in [3.8, 4) is 0 Å². The Bertz CT molecular complexity index is 1550. The number of carbonyl (C=O) groups is 2. The molecule has 0 aliphatic carbocycles. The zero-order chi connectivity index (χ0) is 23.4. The summed E-state index contributed by atoms with van der Waals surface area (Å²) in [5, 5.41) is 0.532. The lowest BCUT2D eigenvalue weighted by Crippen LogP contribution is -2.40. The van der Waals surface area contributed by atoms with Gasteiger partial charge in [-0.1, -0.05) is 53.3 Å². The Kier molecular flexibility index (Phi) is 5.07. The van der Waals surface area contributed by atoms with Gasteiger partial charge in [-0.2, -0.15) is 0 Å². The molecule has 5 rings (SSSR count). The minimum Gasteiger partial charge on any atom is -0.466 e. The van der Waals surface area contributed by atoms with Gasteiger partial charge in [-0.05, 0) is 30.7 Å². The number of allylic oxidation sites excluding steroid dienone is 1. The topological polar surface area (TPSA) is 81.0 Å². The van der Waals surface area contributed by atoms with E-state index in [-0.39, 0.29) is 21.6 Å². The highest BCUT2D eigenvalue weighted by Crippen LogP contribution is 2.34. The van der Waals surface area contributed by atoms with Crippen LogP contribution in [0.15, 0.2) is 69.6 Å². The maximum atomic E-state index is 13.8. The van der Waals surface area contributed by atoms with Crippen molar-refractivity contribution in [2.45, 2.75) is 13.0 Å². The van der Waals surface area contributed by atoms with Crippen LogP contribution in [0.3, 0.4) is 0 Å². The summed E-state index contributed by atoms with van der Waals surface area (Å²) in [6, 6.07) is 13.5.